The molecule has 0 unspecified atom stereocenters. The zero-order valence-electron chi connectivity index (χ0n) is 16.7. The Morgan fingerprint density at radius 2 is 1.79 bits per heavy atom. The third-order valence-corrected chi connectivity index (χ3v) is 4.73. The van der Waals surface area contributed by atoms with Crippen LogP contribution in [-0.4, -0.2) is 71.0 Å². The number of nitrogens with zero attached hydrogens (tertiary/aromatic N) is 3. The fraction of sp³-hybridized carbons (Fsp3) is 0.476. The Morgan fingerprint density at radius 1 is 1.11 bits per heavy atom. The van der Waals surface area contributed by atoms with E-state index in [1.807, 2.05) is 24.3 Å². The topological polar surface area (TPSA) is 71.8 Å². The van der Waals surface area contributed by atoms with Crippen LogP contribution in [0.5, 0.6) is 0 Å². The number of hydrogen-bond acceptors (Lipinski definition) is 5. The first kappa shape index (κ1) is 20.1. The molecule has 7 nitrogen and oxygen atoms in total. The predicted octanol–water partition coefficient (Wildman–Crippen LogP) is 2.77. The van der Waals surface area contributed by atoms with Gasteiger partial charge in [-0.2, -0.15) is 0 Å². The first-order valence-corrected chi connectivity index (χ1v) is 9.59. The molecule has 0 atom stereocenters. The molecule has 2 aromatic rings. The maximum atomic E-state index is 13.2. The molecule has 2 heterocycles. The summed E-state index contributed by atoms with van der Waals surface area (Å²) in [6, 6.07) is 9.16. The summed E-state index contributed by atoms with van der Waals surface area (Å²) >= 11 is 0. The molecule has 3 rings (SSSR count). The van der Waals surface area contributed by atoms with E-state index in [4.69, 9.17) is 4.74 Å². The number of piperazine rings is 1. The van der Waals surface area contributed by atoms with E-state index in [0.717, 1.165) is 11.7 Å². The minimum atomic E-state index is -0.660. The van der Waals surface area contributed by atoms with Gasteiger partial charge in [0.15, 0.2) is 0 Å². The lowest BCUT2D eigenvalue weighted by Gasteiger charge is -2.34. The molecule has 0 bridgehead atoms. The Labute approximate surface area is 164 Å². The summed E-state index contributed by atoms with van der Waals surface area (Å²) in [4.78, 5) is 40.5. The number of benzene rings is 1. The lowest BCUT2D eigenvalue weighted by atomic mass is 10.2. The minimum absolute atomic E-state index is 0.183. The molecule has 1 aliphatic rings. The van der Waals surface area contributed by atoms with Gasteiger partial charge in [0.05, 0.1) is 5.52 Å². The van der Waals surface area contributed by atoms with E-state index in [2.05, 4.69) is 4.90 Å². The molecular formula is C21H27N3O4. The van der Waals surface area contributed by atoms with Crippen LogP contribution in [0.3, 0.4) is 0 Å². The number of carbonyl (C=O) groups is 3. The average Bonchev–Trinajstić information content (AvgIpc) is 3.04. The van der Waals surface area contributed by atoms with Gasteiger partial charge < -0.3 is 14.4 Å². The zero-order valence-corrected chi connectivity index (χ0v) is 16.7. The molecule has 1 amide bonds. The van der Waals surface area contributed by atoms with Gasteiger partial charge in [-0.1, -0.05) is 18.2 Å². The van der Waals surface area contributed by atoms with E-state index in [-0.39, 0.29) is 5.91 Å². The standard InChI is InChI=1S/C21H27N3O4/c1-21(2,3)28-20(27)24-17-8-5-4-7-16(17)15-18(24)19(26)23-12-10-22(11-13-23)9-6-14-25/h4-5,7-8,14-15H,6,9-13H2,1-3H3. The summed E-state index contributed by atoms with van der Waals surface area (Å²) in [6.07, 6.45) is 0.860. The molecule has 1 aromatic carbocycles. The van der Waals surface area contributed by atoms with Gasteiger partial charge in [-0.05, 0) is 32.9 Å². The third kappa shape index (κ3) is 4.42. The fourth-order valence-corrected chi connectivity index (χ4v) is 3.39. The van der Waals surface area contributed by atoms with Gasteiger partial charge in [-0.15, -0.1) is 0 Å². The van der Waals surface area contributed by atoms with Crippen LogP contribution in [0.1, 0.15) is 37.7 Å². The van der Waals surface area contributed by atoms with E-state index in [9.17, 15) is 14.4 Å². The van der Waals surface area contributed by atoms with Crippen molar-refractivity contribution >= 4 is 29.2 Å². The third-order valence-electron chi connectivity index (χ3n) is 4.73. The fourth-order valence-electron chi connectivity index (χ4n) is 3.39. The highest BCUT2D eigenvalue weighted by molar-refractivity contribution is 6.03. The van der Waals surface area contributed by atoms with Crippen LogP contribution >= 0.6 is 0 Å². The van der Waals surface area contributed by atoms with Crippen molar-refractivity contribution in [3.05, 3.63) is 36.0 Å². The maximum absolute atomic E-state index is 13.2. The first-order valence-electron chi connectivity index (χ1n) is 9.59. The van der Waals surface area contributed by atoms with Crippen LogP contribution < -0.4 is 0 Å². The number of hydrogen-bond donors (Lipinski definition) is 0. The van der Waals surface area contributed by atoms with Crippen molar-refractivity contribution in [1.82, 2.24) is 14.4 Å². The SMILES string of the molecule is CC(C)(C)OC(=O)n1c(C(=O)N2CCN(CCC=O)CC2)cc2ccccc21. The van der Waals surface area contributed by atoms with E-state index in [1.54, 1.807) is 31.7 Å². The lowest BCUT2D eigenvalue weighted by Crippen LogP contribution is -2.49. The molecule has 7 heteroatoms. The quantitative estimate of drug-likeness (QED) is 0.757. The average molecular weight is 385 g/mol. The number of amides is 1. The summed E-state index contributed by atoms with van der Waals surface area (Å²) < 4.78 is 6.92. The molecule has 1 aromatic heterocycles. The summed E-state index contributed by atoms with van der Waals surface area (Å²) in [5.74, 6) is -0.183. The number of carbonyl (C=O) groups excluding carboxylic acids is 3. The number of ether oxygens (including phenoxy) is 1. The Balaban J connectivity index is 1.86. The van der Waals surface area contributed by atoms with Crippen molar-refractivity contribution in [2.75, 3.05) is 32.7 Å². The van der Waals surface area contributed by atoms with Crippen molar-refractivity contribution < 1.29 is 19.1 Å². The van der Waals surface area contributed by atoms with Gasteiger partial charge in [-0.25, -0.2) is 9.36 Å². The van der Waals surface area contributed by atoms with Crippen LogP contribution in [0.25, 0.3) is 10.9 Å². The molecule has 1 aliphatic heterocycles. The molecule has 1 saturated heterocycles. The first-order chi connectivity index (χ1) is 13.3. The number of fused-ring (bicyclic) bond motifs is 1. The monoisotopic (exact) mass is 385 g/mol. The smallest absolute Gasteiger partial charge is 0.419 e. The second-order valence-corrected chi connectivity index (χ2v) is 7.99. The van der Waals surface area contributed by atoms with Crippen LogP contribution in [-0.2, 0) is 9.53 Å². The summed E-state index contributed by atoms with van der Waals surface area (Å²) in [5, 5.41) is 0.821. The zero-order chi connectivity index (χ0) is 20.3. The molecule has 28 heavy (non-hydrogen) atoms. The van der Waals surface area contributed by atoms with Crippen LogP contribution in [0.2, 0.25) is 0 Å². The molecule has 0 radical (unpaired) electrons. The van der Waals surface area contributed by atoms with Crippen molar-refractivity contribution in [2.45, 2.75) is 32.8 Å². The highest BCUT2D eigenvalue weighted by Crippen LogP contribution is 2.23. The molecule has 0 aliphatic carbocycles. The number of rotatable bonds is 4. The Morgan fingerprint density at radius 3 is 2.43 bits per heavy atom. The highest BCUT2D eigenvalue weighted by Gasteiger charge is 2.29. The molecule has 1 fully saturated rings. The molecule has 150 valence electrons. The Kier molecular flexibility index (Phi) is 5.84. The van der Waals surface area contributed by atoms with Gasteiger partial charge in [0.2, 0.25) is 0 Å². The van der Waals surface area contributed by atoms with Crippen LogP contribution in [0, 0.1) is 0 Å². The van der Waals surface area contributed by atoms with E-state index in [1.165, 1.54) is 4.57 Å². The van der Waals surface area contributed by atoms with Gasteiger partial charge in [0.1, 0.15) is 17.6 Å². The normalized spacial score (nSPS) is 15.6. The van der Waals surface area contributed by atoms with Gasteiger partial charge in [0.25, 0.3) is 5.91 Å². The van der Waals surface area contributed by atoms with E-state index >= 15 is 0 Å². The minimum Gasteiger partial charge on any atom is -0.443 e. The molecular weight excluding hydrogens is 358 g/mol. The van der Waals surface area contributed by atoms with Gasteiger partial charge >= 0.3 is 6.09 Å². The van der Waals surface area contributed by atoms with Gasteiger partial charge in [0, 0.05) is 44.5 Å². The van der Waals surface area contributed by atoms with Gasteiger partial charge in [-0.3, -0.25) is 9.69 Å². The van der Waals surface area contributed by atoms with Crippen molar-refractivity contribution in [1.29, 1.82) is 0 Å². The summed E-state index contributed by atoms with van der Waals surface area (Å²) in [6.45, 7) is 8.67. The second-order valence-electron chi connectivity index (χ2n) is 7.99. The van der Waals surface area contributed by atoms with E-state index < -0.39 is 11.7 Å². The second kappa shape index (κ2) is 8.14. The highest BCUT2D eigenvalue weighted by atomic mass is 16.6. The number of aromatic nitrogens is 1. The Hall–Kier alpha value is -2.67. The molecule has 0 saturated carbocycles. The van der Waals surface area contributed by atoms with Crippen molar-refractivity contribution in [2.24, 2.45) is 0 Å². The summed E-state index contributed by atoms with van der Waals surface area (Å²) in [7, 11) is 0. The van der Waals surface area contributed by atoms with Crippen LogP contribution in [0.4, 0.5) is 4.79 Å². The molecule has 0 spiro atoms. The largest absolute Gasteiger partial charge is 0.443 e. The predicted molar refractivity (Wildman–Crippen MR) is 107 cm³/mol. The van der Waals surface area contributed by atoms with Crippen molar-refractivity contribution in [3.63, 3.8) is 0 Å². The lowest BCUT2D eigenvalue weighted by molar-refractivity contribution is -0.108. The Bertz CT molecular complexity index is 873. The maximum Gasteiger partial charge on any atom is 0.419 e. The van der Waals surface area contributed by atoms with Crippen LogP contribution in [0.15, 0.2) is 30.3 Å². The summed E-state index contributed by atoms with van der Waals surface area (Å²) in [5.41, 5.74) is 0.314. The van der Waals surface area contributed by atoms with Crippen molar-refractivity contribution in [3.8, 4) is 0 Å². The number of aldehydes is 1. The van der Waals surface area contributed by atoms with E-state index in [0.29, 0.717) is 50.4 Å². The molecule has 0 N–H and O–H groups in total. The number of para-hydroxylation sites is 1.